The zero-order valence-electron chi connectivity index (χ0n) is 13.9. The number of benzene rings is 1. The van der Waals surface area contributed by atoms with Crippen molar-refractivity contribution >= 4 is 6.03 Å². The molecule has 2 aliphatic heterocycles. The molecule has 2 fully saturated rings. The topological polar surface area (TPSA) is 44.8 Å². The van der Waals surface area contributed by atoms with E-state index >= 15 is 0 Å². The van der Waals surface area contributed by atoms with Crippen molar-refractivity contribution in [3.63, 3.8) is 0 Å². The lowest BCUT2D eigenvalue weighted by molar-refractivity contribution is 0.0441. The van der Waals surface area contributed by atoms with Gasteiger partial charge in [-0.1, -0.05) is 25.1 Å². The fraction of sp³-hybridized carbons (Fsp3) is 0.611. The molecule has 0 bridgehead atoms. The van der Waals surface area contributed by atoms with Gasteiger partial charge in [0.2, 0.25) is 0 Å². The van der Waals surface area contributed by atoms with E-state index in [9.17, 15) is 4.79 Å². The number of nitrogens with one attached hydrogen (secondary N) is 1. The predicted molar refractivity (Wildman–Crippen MR) is 90.7 cm³/mol. The number of para-hydroxylation sites is 1. The van der Waals surface area contributed by atoms with Gasteiger partial charge in [0.1, 0.15) is 11.9 Å². The Bertz CT molecular complexity index is 502. The third kappa shape index (κ3) is 4.61. The van der Waals surface area contributed by atoms with Gasteiger partial charge in [-0.2, -0.15) is 0 Å². The van der Waals surface area contributed by atoms with Crippen LogP contribution in [0.15, 0.2) is 30.3 Å². The molecule has 3 rings (SSSR count). The first-order chi connectivity index (χ1) is 11.2. The average Bonchev–Trinajstić information content (AvgIpc) is 2.51. The first-order valence-electron chi connectivity index (χ1n) is 8.67. The van der Waals surface area contributed by atoms with Crippen LogP contribution in [0.4, 0.5) is 4.79 Å². The predicted octanol–water partition coefficient (Wildman–Crippen LogP) is 2.19. The van der Waals surface area contributed by atoms with Crippen LogP contribution in [0.1, 0.15) is 19.8 Å². The minimum absolute atomic E-state index is 0.0305. The summed E-state index contributed by atoms with van der Waals surface area (Å²) in [6.07, 6.45) is 2.73. The van der Waals surface area contributed by atoms with Gasteiger partial charge in [-0.05, 0) is 37.4 Å². The van der Waals surface area contributed by atoms with Gasteiger partial charge in [-0.3, -0.25) is 0 Å². The molecule has 0 spiro atoms. The Morgan fingerprint density at radius 1 is 1.26 bits per heavy atom. The monoisotopic (exact) mass is 317 g/mol. The molecule has 0 radical (unpaired) electrons. The molecule has 1 aromatic rings. The van der Waals surface area contributed by atoms with Gasteiger partial charge < -0.3 is 19.9 Å². The third-order valence-corrected chi connectivity index (χ3v) is 4.63. The molecule has 126 valence electrons. The highest BCUT2D eigenvalue weighted by atomic mass is 16.5. The summed E-state index contributed by atoms with van der Waals surface area (Å²) >= 11 is 0. The van der Waals surface area contributed by atoms with Crippen LogP contribution in [-0.2, 0) is 0 Å². The molecular weight excluding hydrogens is 290 g/mol. The standard InChI is InChI=1S/C18H27N3O2/c1-15-6-5-10-20(12-15)11-9-19-18(22)21-13-17(14-21)23-16-7-3-2-4-8-16/h2-4,7-8,15,17H,5-6,9-14H2,1H3,(H,19,22)/t15-/m0/s1. The molecule has 23 heavy (non-hydrogen) atoms. The number of hydrogen-bond donors (Lipinski definition) is 1. The molecule has 1 aromatic carbocycles. The second kappa shape index (κ2) is 7.68. The van der Waals surface area contributed by atoms with Crippen LogP contribution in [0.5, 0.6) is 5.75 Å². The zero-order valence-corrected chi connectivity index (χ0v) is 13.9. The van der Waals surface area contributed by atoms with Gasteiger partial charge in [0.25, 0.3) is 0 Å². The maximum absolute atomic E-state index is 12.1. The SMILES string of the molecule is C[C@H]1CCCN(CCNC(=O)N2CC(Oc3ccccc3)C2)C1. The number of urea groups is 1. The molecule has 0 saturated carbocycles. The highest BCUT2D eigenvalue weighted by molar-refractivity contribution is 5.75. The number of carbonyl (C=O) groups is 1. The lowest BCUT2D eigenvalue weighted by Crippen LogP contribution is -2.59. The number of likely N-dealkylation sites (tertiary alicyclic amines) is 2. The van der Waals surface area contributed by atoms with E-state index in [0.29, 0.717) is 13.1 Å². The van der Waals surface area contributed by atoms with Crippen molar-refractivity contribution < 1.29 is 9.53 Å². The van der Waals surface area contributed by atoms with E-state index in [1.54, 1.807) is 0 Å². The maximum atomic E-state index is 12.1. The first-order valence-corrected chi connectivity index (χ1v) is 8.67. The molecule has 2 heterocycles. The Kier molecular flexibility index (Phi) is 5.39. The summed E-state index contributed by atoms with van der Waals surface area (Å²) < 4.78 is 5.81. The van der Waals surface area contributed by atoms with Crippen molar-refractivity contribution in [1.29, 1.82) is 0 Å². The average molecular weight is 317 g/mol. The largest absolute Gasteiger partial charge is 0.487 e. The molecule has 1 N–H and O–H groups in total. The molecule has 5 heteroatoms. The van der Waals surface area contributed by atoms with Crippen molar-refractivity contribution in [2.24, 2.45) is 5.92 Å². The Hall–Kier alpha value is -1.75. The number of rotatable bonds is 5. The summed E-state index contributed by atoms with van der Waals surface area (Å²) in [6, 6.07) is 9.81. The molecular formula is C18H27N3O2. The zero-order chi connectivity index (χ0) is 16.1. The number of carbonyl (C=O) groups excluding carboxylic acids is 1. The van der Waals surface area contributed by atoms with Crippen molar-refractivity contribution in [3.8, 4) is 5.75 Å². The van der Waals surface area contributed by atoms with Crippen molar-refractivity contribution in [2.45, 2.75) is 25.9 Å². The second-order valence-corrected chi connectivity index (χ2v) is 6.74. The smallest absolute Gasteiger partial charge is 0.317 e. The minimum Gasteiger partial charge on any atom is -0.487 e. The Morgan fingerprint density at radius 2 is 2.04 bits per heavy atom. The third-order valence-electron chi connectivity index (χ3n) is 4.63. The van der Waals surface area contributed by atoms with Gasteiger partial charge in [-0.25, -0.2) is 4.79 Å². The van der Waals surface area contributed by atoms with E-state index in [-0.39, 0.29) is 12.1 Å². The number of piperidine rings is 1. The summed E-state index contributed by atoms with van der Waals surface area (Å²) in [5, 5.41) is 3.02. The van der Waals surface area contributed by atoms with Crippen LogP contribution >= 0.6 is 0 Å². The van der Waals surface area contributed by atoms with Crippen LogP contribution in [0.3, 0.4) is 0 Å². The van der Waals surface area contributed by atoms with Crippen molar-refractivity contribution in [1.82, 2.24) is 15.1 Å². The minimum atomic E-state index is 0.0305. The van der Waals surface area contributed by atoms with Gasteiger partial charge in [0.05, 0.1) is 13.1 Å². The highest BCUT2D eigenvalue weighted by Crippen LogP contribution is 2.17. The number of amides is 2. The molecule has 5 nitrogen and oxygen atoms in total. The Balaban J connectivity index is 1.30. The van der Waals surface area contributed by atoms with E-state index in [0.717, 1.165) is 37.8 Å². The van der Waals surface area contributed by atoms with Crippen LogP contribution in [-0.4, -0.2) is 61.2 Å². The number of hydrogen-bond acceptors (Lipinski definition) is 3. The maximum Gasteiger partial charge on any atom is 0.317 e. The molecule has 2 aliphatic rings. The quantitative estimate of drug-likeness (QED) is 0.905. The highest BCUT2D eigenvalue weighted by Gasteiger charge is 2.32. The molecule has 2 amide bonds. The summed E-state index contributed by atoms with van der Waals surface area (Å²) in [5.74, 6) is 1.66. The van der Waals surface area contributed by atoms with Crippen LogP contribution < -0.4 is 10.1 Å². The molecule has 2 saturated heterocycles. The van der Waals surface area contributed by atoms with Crippen LogP contribution in [0.25, 0.3) is 0 Å². The number of nitrogens with zero attached hydrogens (tertiary/aromatic N) is 2. The fourth-order valence-corrected chi connectivity index (χ4v) is 3.29. The van der Waals surface area contributed by atoms with E-state index in [4.69, 9.17) is 4.74 Å². The van der Waals surface area contributed by atoms with Crippen molar-refractivity contribution in [2.75, 3.05) is 39.3 Å². The molecule has 1 atom stereocenters. The molecule has 0 unspecified atom stereocenters. The summed E-state index contributed by atoms with van der Waals surface area (Å²) in [7, 11) is 0. The van der Waals surface area contributed by atoms with Gasteiger partial charge in [-0.15, -0.1) is 0 Å². The van der Waals surface area contributed by atoms with E-state index in [2.05, 4.69) is 17.1 Å². The summed E-state index contributed by atoms with van der Waals surface area (Å²) in [4.78, 5) is 16.3. The summed E-state index contributed by atoms with van der Waals surface area (Å²) in [6.45, 7) is 7.64. The lowest BCUT2D eigenvalue weighted by atomic mass is 10.0. The Morgan fingerprint density at radius 3 is 2.78 bits per heavy atom. The van der Waals surface area contributed by atoms with Gasteiger partial charge >= 0.3 is 6.03 Å². The van der Waals surface area contributed by atoms with Crippen LogP contribution in [0.2, 0.25) is 0 Å². The van der Waals surface area contributed by atoms with Crippen LogP contribution in [0, 0.1) is 5.92 Å². The first kappa shape index (κ1) is 16.1. The van der Waals surface area contributed by atoms with E-state index in [1.165, 1.54) is 12.8 Å². The normalized spacial score (nSPS) is 22.5. The Labute approximate surface area is 138 Å². The van der Waals surface area contributed by atoms with Gasteiger partial charge in [0, 0.05) is 19.6 Å². The van der Waals surface area contributed by atoms with E-state index < -0.39 is 0 Å². The molecule has 0 aliphatic carbocycles. The molecule has 0 aromatic heterocycles. The van der Waals surface area contributed by atoms with Gasteiger partial charge in [0.15, 0.2) is 0 Å². The van der Waals surface area contributed by atoms with Crippen molar-refractivity contribution in [3.05, 3.63) is 30.3 Å². The lowest BCUT2D eigenvalue weighted by Gasteiger charge is -2.39. The second-order valence-electron chi connectivity index (χ2n) is 6.74. The van der Waals surface area contributed by atoms with E-state index in [1.807, 2.05) is 35.2 Å². The number of ether oxygens (including phenoxy) is 1. The summed E-state index contributed by atoms with van der Waals surface area (Å²) in [5.41, 5.74) is 0. The fourth-order valence-electron chi connectivity index (χ4n) is 3.29.